The van der Waals surface area contributed by atoms with Crippen LogP contribution in [0.4, 0.5) is 5.69 Å². The Morgan fingerprint density at radius 2 is 1.58 bits per heavy atom. The monoisotopic (exact) mass is 487 g/mol. The van der Waals surface area contributed by atoms with Crippen LogP contribution < -0.4 is 15.4 Å². The fourth-order valence-electron chi connectivity index (χ4n) is 4.60. The molecule has 0 saturated carbocycles. The molecule has 3 atom stereocenters. The lowest BCUT2D eigenvalue weighted by Gasteiger charge is -2.30. The minimum absolute atomic E-state index is 0.140. The molecule has 0 unspecified atom stereocenters. The van der Waals surface area contributed by atoms with Crippen LogP contribution in [0.25, 0.3) is 0 Å². The minimum atomic E-state index is -1.03. The molecule has 1 aliphatic rings. The molecule has 8 nitrogen and oxygen atoms in total. The van der Waals surface area contributed by atoms with E-state index in [4.69, 9.17) is 4.74 Å². The number of aliphatic carboxylic acids is 1. The largest absolute Gasteiger partial charge is 0.489 e. The Hall–Kier alpha value is -4.17. The zero-order valence-corrected chi connectivity index (χ0v) is 20.0. The van der Waals surface area contributed by atoms with Crippen molar-refractivity contribution >= 4 is 23.5 Å². The Balaban J connectivity index is 1.44. The molecular formula is C28H29N3O5. The first-order valence-corrected chi connectivity index (χ1v) is 11.8. The van der Waals surface area contributed by atoms with Crippen LogP contribution in [-0.2, 0) is 21.0 Å². The SMILES string of the molecule is CC(=O)N[C@H]1C[C@@H](C(=O)O)N(CC(=O)Nc2ccc(OCc3ccccc3)cc2)[C@H]1c1ccccc1. The fourth-order valence-corrected chi connectivity index (χ4v) is 4.60. The molecule has 0 spiro atoms. The number of carboxylic acid groups (broad SMARTS) is 1. The second-order valence-corrected chi connectivity index (χ2v) is 8.77. The van der Waals surface area contributed by atoms with E-state index >= 15 is 0 Å². The molecule has 3 N–H and O–H groups in total. The number of ether oxygens (including phenoxy) is 1. The van der Waals surface area contributed by atoms with Gasteiger partial charge in [-0.1, -0.05) is 60.7 Å². The molecule has 186 valence electrons. The number of hydrogen-bond donors (Lipinski definition) is 3. The van der Waals surface area contributed by atoms with Crippen LogP contribution in [-0.4, -0.2) is 46.4 Å². The summed E-state index contributed by atoms with van der Waals surface area (Å²) in [7, 11) is 0. The lowest BCUT2D eigenvalue weighted by Crippen LogP contribution is -2.44. The van der Waals surface area contributed by atoms with E-state index in [-0.39, 0.29) is 24.8 Å². The van der Waals surface area contributed by atoms with Crippen molar-refractivity contribution in [1.29, 1.82) is 0 Å². The maximum absolute atomic E-state index is 13.0. The highest BCUT2D eigenvalue weighted by molar-refractivity contribution is 5.93. The number of anilines is 1. The van der Waals surface area contributed by atoms with Crippen molar-refractivity contribution in [3.8, 4) is 5.75 Å². The molecule has 1 saturated heterocycles. The Kier molecular flexibility index (Phi) is 7.97. The second kappa shape index (κ2) is 11.5. The molecule has 0 aliphatic carbocycles. The van der Waals surface area contributed by atoms with E-state index < -0.39 is 24.1 Å². The van der Waals surface area contributed by atoms with Crippen LogP contribution >= 0.6 is 0 Å². The molecule has 0 bridgehead atoms. The average molecular weight is 488 g/mol. The second-order valence-electron chi connectivity index (χ2n) is 8.77. The summed E-state index contributed by atoms with van der Waals surface area (Å²) in [4.78, 5) is 38.5. The molecule has 0 aromatic heterocycles. The molecule has 36 heavy (non-hydrogen) atoms. The van der Waals surface area contributed by atoms with E-state index in [9.17, 15) is 19.5 Å². The Bertz CT molecular complexity index is 1180. The van der Waals surface area contributed by atoms with Crippen molar-refractivity contribution < 1.29 is 24.2 Å². The van der Waals surface area contributed by atoms with Crippen LogP contribution in [0, 0.1) is 0 Å². The van der Waals surface area contributed by atoms with Crippen molar-refractivity contribution in [2.24, 2.45) is 0 Å². The van der Waals surface area contributed by atoms with Gasteiger partial charge in [0, 0.05) is 12.6 Å². The van der Waals surface area contributed by atoms with E-state index in [1.807, 2.05) is 60.7 Å². The van der Waals surface area contributed by atoms with Gasteiger partial charge in [0.25, 0.3) is 0 Å². The maximum atomic E-state index is 13.0. The smallest absolute Gasteiger partial charge is 0.321 e. The summed E-state index contributed by atoms with van der Waals surface area (Å²) in [6.45, 7) is 1.70. The number of carbonyl (C=O) groups is 3. The molecule has 1 heterocycles. The fraction of sp³-hybridized carbons (Fsp3) is 0.250. The number of likely N-dealkylation sites (tertiary alicyclic amines) is 1. The molecule has 1 aliphatic heterocycles. The Morgan fingerprint density at radius 3 is 2.19 bits per heavy atom. The van der Waals surface area contributed by atoms with E-state index in [0.717, 1.165) is 11.1 Å². The standard InChI is InChI=1S/C28H29N3O5/c1-19(32)29-24-16-25(28(34)35)31(27(24)21-10-6-3-7-11-21)17-26(33)30-22-12-14-23(15-13-22)36-18-20-8-4-2-5-9-20/h2-15,24-25,27H,16-18H2,1H3,(H,29,32)(H,30,33)(H,34,35)/t24-,25-,27-/m0/s1. The summed E-state index contributed by atoms with van der Waals surface area (Å²) in [5, 5.41) is 15.6. The van der Waals surface area contributed by atoms with Gasteiger partial charge >= 0.3 is 5.97 Å². The van der Waals surface area contributed by atoms with Crippen molar-refractivity contribution in [3.63, 3.8) is 0 Å². The van der Waals surface area contributed by atoms with E-state index in [1.54, 1.807) is 29.2 Å². The Labute approximate surface area is 209 Å². The van der Waals surface area contributed by atoms with Gasteiger partial charge in [-0.15, -0.1) is 0 Å². The molecule has 4 rings (SSSR count). The number of hydrogen-bond acceptors (Lipinski definition) is 5. The number of nitrogens with zero attached hydrogens (tertiary/aromatic N) is 1. The number of carbonyl (C=O) groups excluding carboxylic acids is 2. The van der Waals surface area contributed by atoms with Crippen LogP contribution in [0.3, 0.4) is 0 Å². The first-order chi connectivity index (χ1) is 17.4. The Morgan fingerprint density at radius 1 is 0.944 bits per heavy atom. The summed E-state index contributed by atoms with van der Waals surface area (Å²) < 4.78 is 5.79. The van der Waals surface area contributed by atoms with Gasteiger partial charge in [0.2, 0.25) is 11.8 Å². The molecule has 0 radical (unpaired) electrons. The van der Waals surface area contributed by atoms with Gasteiger partial charge in [-0.2, -0.15) is 0 Å². The molecule has 2 amide bonds. The summed E-state index contributed by atoms with van der Waals surface area (Å²) in [5.41, 5.74) is 2.47. The molecule has 1 fully saturated rings. The lowest BCUT2D eigenvalue weighted by molar-refractivity contribution is -0.143. The van der Waals surface area contributed by atoms with Gasteiger partial charge in [-0.05, 0) is 41.8 Å². The van der Waals surface area contributed by atoms with Gasteiger partial charge in [-0.3, -0.25) is 19.3 Å². The molecule has 3 aromatic rings. The van der Waals surface area contributed by atoms with Crippen molar-refractivity contribution in [1.82, 2.24) is 10.2 Å². The predicted molar refractivity (Wildman–Crippen MR) is 135 cm³/mol. The molecular weight excluding hydrogens is 458 g/mol. The average Bonchev–Trinajstić information content (AvgIpc) is 3.21. The van der Waals surface area contributed by atoms with Crippen LogP contribution in [0.1, 0.15) is 30.5 Å². The predicted octanol–water partition coefficient (Wildman–Crippen LogP) is 3.61. The van der Waals surface area contributed by atoms with Gasteiger partial charge in [0.1, 0.15) is 18.4 Å². The van der Waals surface area contributed by atoms with Gasteiger partial charge in [0.15, 0.2) is 0 Å². The van der Waals surface area contributed by atoms with Crippen molar-refractivity contribution in [3.05, 3.63) is 96.1 Å². The molecule has 8 heteroatoms. The van der Waals surface area contributed by atoms with Gasteiger partial charge in [-0.25, -0.2) is 0 Å². The first-order valence-electron chi connectivity index (χ1n) is 11.8. The third kappa shape index (κ3) is 6.28. The minimum Gasteiger partial charge on any atom is -0.489 e. The number of amides is 2. The highest BCUT2D eigenvalue weighted by Gasteiger charge is 2.46. The zero-order valence-electron chi connectivity index (χ0n) is 20.0. The summed E-state index contributed by atoms with van der Waals surface area (Å²) in [5.74, 6) is -0.948. The van der Waals surface area contributed by atoms with E-state index in [2.05, 4.69) is 10.6 Å². The summed E-state index contributed by atoms with van der Waals surface area (Å²) in [6, 6.07) is 24.4. The van der Waals surface area contributed by atoms with Crippen molar-refractivity contribution in [2.75, 3.05) is 11.9 Å². The summed E-state index contributed by atoms with van der Waals surface area (Å²) in [6.07, 6.45) is 0.204. The van der Waals surface area contributed by atoms with Gasteiger partial charge < -0.3 is 20.5 Å². The van der Waals surface area contributed by atoms with Crippen molar-refractivity contribution in [2.45, 2.75) is 38.1 Å². The lowest BCUT2D eigenvalue weighted by atomic mass is 9.99. The number of benzene rings is 3. The zero-order chi connectivity index (χ0) is 25.5. The number of nitrogens with one attached hydrogen (secondary N) is 2. The summed E-state index contributed by atoms with van der Waals surface area (Å²) >= 11 is 0. The van der Waals surface area contributed by atoms with Gasteiger partial charge in [0.05, 0.1) is 18.6 Å². The van der Waals surface area contributed by atoms with Crippen LogP contribution in [0.15, 0.2) is 84.9 Å². The van der Waals surface area contributed by atoms with Crippen LogP contribution in [0.5, 0.6) is 5.75 Å². The highest BCUT2D eigenvalue weighted by atomic mass is 16.5. The number of carboxylic acids is 1. The third-order valence-corrected chi connectivity index (χ3v) is 6.14. The maximum Gasteiger partial charge on any atom is 0.321 e. The third-order valence-electron chi connectivity index (χ3n) is 6.14. The van der Waals surface area contributed by atoms with E-state index in [1.165, 1.54) is 6.92 Å². The topological polar surface area (TPSA) is 108 Å². The number of rotatable bonds is 9. The first kappa shape index (κ1) is 24.9. The van der Waals surface area contributed by atoms with E-state index in [0.29, 0.717) is 18.0 Å². The quantitative estimate of drug-likeness (QED) is 0.426. The normalized spacial score (nSPS) is 19.4. The highest BCUT2D eigenvalue weighted by Crippen LogP contribution is 2.36. The molecule has 3 aromatic carbocycles. The van der Waals surface area contributed by atoms with Crippen LogP contribution in [0.2, 0.25) is 0 Å².